The molecule has 1 aromatic rings. The fourth-order valence-electron chi connectivity index (χ4n) is 2.47. The van der Waals surface area contributed by atoms with Crippen molar-refractivity contribution in [3.8, 4) is 0 Å². The lowest BCUT2D eigenvalue weighted by molar-refractivity contribution is 0.0689. The predicted octanol–water partition coefficient (Wildman–Crippen LogP) is 1.33. The monoisotopic (exact) mass is 238 g/mol. The summed E-state index contributed by atoms with van der Waals surface area (Å²) >= 11 is 0. The molecule has 3 N–H and O–H groups in total. The molecule has 0 saturated heterocycles. The summed E-state index contributed by atoms with van der Waals surface area (Å²) in [5, 5.41) is 16.7. The fraction of sp³-hybridized carbons (Fsp3) is 0.727. The summed E-state index contributed by atoms with van der Waals surface area (Å²) in [5.41, 5.74) is 6.16. The second kappa shape index (κ2) is 5.27. The van der Waals surface area contributed by atoms with E-state index < -0.39 is 5.97 Å². The van der Waals surface area contributed by atoms with Gasteiger partial charge in [-0.1, -0.05) is 30.9 Å². The van der Waals surface area contributed by atoms with Crippen LogP contribution in [0.1, 0.15) is 60.7 Å². The molecule has 0 bridgehead atoms. The number of carbonyl (C=O) groups is 1. The summed E-state index contributed by atoms with van der Waals surface area (Å²) in [6, 6.07) is 0.261. The summed E-state index contributed by atoms with van der Waals surface area (Å²) in [4.78, 5) is 11.0. The molecule has 1 aliphatic carbocycles. The first-order valence-electron chi connectivity index (χ1n) is 6.11. The zero-order valence-electron chi connectivity index (χ0n) is 9.80. The molecule has 94 valence electrons. The highest BCUT2D eigenvalue weighted by Gasteiger charge is 2.23. The molecule has 17 heavy (non-hydrogen) atoms. The molecule has 1 heterocycles. The van der Waals surface area contributed by atoms with Crippen LogP contribution in [-0.2, 0) is 6.54 Å². The van der Waals surface area contributed by atoms with E-state index in [1.54, 1.807) is 4.68 Å². The van der Waals surface area contributed by atoms with E-state index in [4.69, 9.17) is 10.8 Å². The Balaban J connectivity index is 2.27. The van der Waals surface area contributed by atoms with Crippen molar-refractivity contribution in [1.82, 2.24) is 15.0 Å². The third kappa shape index (κ3) is 2.46. The highest BCUT2D eigenvalue weighted by molar-refractivity contribution is 5.86. The number of carboxylic acids is 1. The van der Waals surface area contributed by atoms with Crippen LogP contribution in [0.2, 0.25) is 0 Å². The number of rotatable bonds is 3. The minimum atomic E-state index is -1.05. The van der Waals surface area contributed by atoms with E-state index in [1.165, 1.54) is 12.8 Å². The Hall–Kier alpha value is -1.43. The van der Waals surface area contributed by atoms with Gasteiger partial charge >= 0.3 is 5.97 Å². The molecule has 1 aliphatic rings. The van der Waals surface area contributed by atoms with Gasteiger partial charge < -0.3 is 10.8 Å². The Morgan fingerprint density at radius 2 is 2.00 bits per heavy atom. The number of aromatic carboxylic acids is 1. The third-order valence-electron chi connectivity index (χ3n) is 3.36. The third-order valence-corrected chi connectivity index (χ3v) is 3.36. The van der Waals surface area contributed by atoms with Crippen molar-refractivity contribution >= 4 is 5.97 Å². The number of aromatic nitrogens is 3. The first-order valence-corrected chi connectivity index (χ1v) is 6.11. The second-order valence-electron chi connectivity index (χ2n) is 4.48. The van der Waals surface area contributed by atoms with Crippen LogP contribution in [0.4, 0.5) is 0 Å². The smallest absolute Gasteiger partial charge is 0.358 e. The fourth-order valence-corrected chi connectivity index (χ4v) is 2.47. The lowest BCUT2D eigenvalue weighted by Gasteiger charge is -2.16. The zero-order valence-corrected chi connectivity index (χ0v) is 9.80. The van der Waals surface area contributed by atoms with Crippen molar-refractivity contribution in [1.29, 1.82) is 0 Å². The highest BCUT2D eigenvalue weighted by atomic mass is 16.4. The van der Waals surface area contributed by atoms with Crippen molar-refractivity contribution in [3.63, 3.8) is 0 Å². The summed E-state index contributed by atoms with van der Waals surface area (Å²) in [5.74, 6) is -1.05. The van der Waals surface area contributed by atoms with Crippen LogP contribution >= 0.6 is 0 Å². The molecule has 0 radical (unpaired) electrons. The molecule has 0 amide bonds. The minimum Gasteiger partial charge on any atom is -0.476 e. The largest absolute Gasteiger partial charge is 0.476 e. The molecule has 0 atom stereocenters. The second-order valence-corrected chi connectivity index (χ2v) is 4.48. The van der Waals surface area contributed by atoms with Crippen molar-refractivity contribution in [2.24, 2.45) is 5.73 Å². The molecule has 6 heteroatoms. The van der Waals surface area contributed by atoms with Gasteiger partial charge in [0.15, 0.2) is 5.69 Å². The van der Waals surface area contributed by atoms with Gasteiger partial charge in [-0.3, -0.25) is 0 Å². The molecule has 1 fully saturated rings. The molecular weight excluding hydrogens is 220 g/mol. The van der Waals surface area contributed by atoms with E-state index in [9.17, 15) is 4.79 Å². The van der Waals surface area contributed by atoms with E-state index in [2.05, 4.69) is 10.3 Å². The van der Waals surface area contributed by atoms with Crippen molar-refractivity contribution in [3.05, 3.63) is 11.4 Å². The van der Waals surface area contributed by atoms with Gasteiger partial charge in [0.25, 0.3) is 0 Å². The lowest BCUT2D eigenvalue weighted by Crippen LogP contribution is -2.17. The summed E-state index contributed by atoms with van der Waals surface area (Å²) in [7, 11) is 0. The lowest BCUT2D eigenvalue weighted by atomic mass is 10.1. The van der Waals surface area contributed by atoms with Gasteiger partial charge in [0.2, 0.25) is 0 Å². The minimum absolute atomic E-state index is 0.00301. The van der Waals surface area contributed by atoms with Crippen molar-refractivity contribution in [2.45, 2.75) is 51.1 Å². The zero-order chi connectivity index (χ0) is 12.3. The standard InChI is InChI=1S/C11H18N4O2/c12-7-9-10(11(16)17)13-14-15(9)8-5-3-1-2-4-6-8/h8H,1-7,12H2,(H,16,17). The van der Waals surface area contributed by atoms with Crippen molar-refractivity contribution < 1.29 is 9.90 Å². The van der Waals surface area contributed by atoms with Gasteiger partial charge in [-0.2, -0.15) is 0 Å². The molecule has 0 aliphatic heterocycles. The maximum absolute atomic E-state index is 11.0. The Morgan fingerprint density at radius 1 is 1.35 bits per heavy atom. The molecule has 0 spiro atoms. The van der Waals surface area contributed by atoms with Crippen LogP contribution < -0.4 is 5.73 Å². The topological polar surface area (TPSA) is 94.0 Å². The summed E-state index contributed by atoms with van der Waals surface area (Å²) < 4.78 is 1.73. The SMILES string of the molecule is NCc1c(C(=O)O)nnn1C1CCCCCC1. The molecule has 2 rings (SSSR count). The molecule has 0 unspecified atom stereocenters. The number of carboxylic acid groups (broad SMARTS) is 1. The summed E-state index contributed by atoms with van der Waals surface area (Å²) in [6.07, 6.45) is 6.89. The summed E-state index contributed by atoms with van der Waals surface area (Å²) in [6.45, 7) is 0.172. The van der Waals surface area contributed by atoms with Gasteiger partial charge in [-0.05, 0) is 12.8 Å². The average molecular weight is 238 g/mol. The Bertz CT molecular complexity index is 394. The number of nitrogens with zero attached hydrogens (tertiary/aromatic N) is 3. The predicted molar refractivity (Wildman–Crippen MR) is 61.6 cm³/mol. The van der Waals surface area contributed by atoms with Gasteiger partial charge in [-0.15, -0.1) is 5.10 Å². The Morgan fingerprint density at radius 3 is 2.53 bits per heavy atom. The van der Waals surface area contributed by atoms with Crippen LogP contribution in [0, 0.1) is 0 Å². The molecule has 1 aromatic heterocycles. The maximum atomic E-state index is 11.0. The van der Waals surface area contributed by atoms with Crippen LogP contribution in [0.5, 0.6) is 0 Å². The Labute approximate surface area is 99.8 Å². The Kier molecular flexibility index (Phi) is 3.73. The molecule has 0 aromatic carbocycles. The van der Waals surface area contributed by atoms with Gasteiger partial charge in [0.1, 0.15) is 0 Å². The van der Waals surface area contributed by atoms with E-state index in [1.807, 2.05) is 0 Å². The number of nitrogens with two attached hydrogens (primary N) is 1. The molecule has 6 nitrogen and oxygen atoms in total. The van der Waals surface area contributed by atoms with Gasteiger partial charge in [-0.25, -0.2) is 9.48 Å². The molecule has 1 saturated carbocycles. The highest BCUT2D eigenvalue weighted by Crippen LogP contribution is 2.27. The van der Waals surface area contributed by atoms with E-state index >= 15 is 0 Å². The first-order chi connectivity index (χ1) is 8.24. The van der Waals surface area contributed by atoms with Gasteiger partial charge in [0.05, 0.1) is 11.7 Å². The number of hydrogen-bond acceptors (Lipinski definition) is 4. The van der Waals surface area contributed by atoms with E-state index in [-0.39, 0.29) is 18.3 Å². The van der Waals surface area contributed by atoms with E-state index in [0.717, 1.165) is 25.7 Å². The quantitative estimate of drug-likeness (QED) is 0.775. The normalized spacial score (nSPS) is 17.9. The molecular formula is C11H18N4O2. The van der Waals surface area contributed by atoms with Crippen LogP contribution in [0.15, 0.2) is 0 Å². The van der Waals surface area contributed by atoms with Gasteiger partial charge in [0, 0.05) is 6.54 Å². The maximum Gasteiger partial charge on any atom is 0.358 e. The van der Waals surface area contributed by atoms with Crippen molar-refractivity contribution in [2.75, 3.05) is 0 Å². The van der Waals surface area contributed by atoms with Crippen LogP contribution in [0.25, 0.3) is 0 Å². The van der Waals surface area contributed by atoms with E-state index in [0.29, 0.717) is 5.69 Å². The average Bonchev–Trinajstić information content (AvgIpc) is 2.56. The van der Waals surface area contributed by atoms with Crippen LogP contribution in [-0.4, -0.2) is 26.1 Å². The van der Waals surface area contributed by atoms with Crippen LogP contribution in [0.3, 0.4) is 0 Å². The number of hydrogen-bond donors (Lipinski definition) is 2. The first kappa shape index (κ1) is 12.0.